The Balaban J connectivity index is 3.06. The van der Waals surface area contributed by atoms with Gasteiger partial charge < -0.3 is 10.2 Å². The molecule has 2 nitrogen and oxygen atoms in total. The second kappa shape index (κ2) is 4.10. The summed E-state index contributed by atoms with van der Waals surface area (Å²) in [6.07, 6.45) is -6.77. The van der Waals surface area contributed by atoms with Crippen molar-refractivity contribution in [3.8, 4) is 5.75 Å². The number of aliphatic hydroxyl groups is 1. The lowest BCUT2D eigenvalue weighted by atomic mass is 10.0. The third-order valence-corrected chi connectivity index (χ3v) is 2.11. The van der Waals surface area contributed by atoms with E-state index in [0.29, 0.717) is 12.0 Å². The quantitative estimate of drug-likeness (QED) is 0.804. The van der Waals surface area contributed by atoms with Gasteiger partial charge in [0.1, 0.15) is 5.75 Å². The maximum absolute atomic E-state index is 12.2. The van der Waals surface area contributed by atoms with E-state index in [4.69, 9.17) is 5.11 Å². The van der Waals surface area contributed by atoms with Crippen LogP contribution in [0, 0.1) is 0 Å². The molecule has 0 saturated carbocycles. The Bertz CT molecular complexity index is 347. The predicted molar refractivity (Wildman–Crippen MR) is 48.5 cm³/mol. The topological polar surface area (TPSA) is 40.5 Å². The Kier molecular flexibility index (Phi) is 3.24. The zero-order chi connectivity index (χ0) is 11.6. The molecule has 1 aromatic rings. The first-order valence-electron chi connectivity index (χ1n) is 4.42. The summed E-state index contributed by atoms with van der Waals surface area (Å²) in [6, 6.07) is 3.38. The Morgan fingerprint density at radius 2 is 1.93 bits per heavy atom. The minimum Gasteiger partial charge on any atom is -0.508 e. The van der Waals surface area contributed by atoms with Crippen molar-refractivity contribution in [2.75, 3.05) is 0 Å². The summed E-state index contributed by atoms with van der Waals surface area (Å²) in [5.74, 6) is -0.0596. The molecule has 1 rings (SSSR count). The Morgan fingerprint density at radius 1 is 1.33 bits per heavy atom. The molecular formula is C10H11F3O2. The first-order valence-corrected chi connectivity index (χ1v) is 4.42. The number of aryl methyl sites for hydroxylation is 1. The number of hydrogen-bond donors (Lipinski definition) is 2. The zero-order valence-electron chi connectivity index (χ0n) is 8.04. The van der Waals surface area contributed by atoms with Crippen LogP contribution in [0.15, 0.2) is 18.2 Å². The molecule has 0 aliphatic rings. The molecule has 84 valence electrons. The number of hydrogen-bond acceptors (Lipinski definition) is 2. The van der Waals surface area contributed by atoms with Crippen molar-refractivity contribution in [2.24, 2.45) is 0 Å². The maximum Gasteiger partial charge on any atom is 0.418 e. The lowest BCUT2D eigenvalue weighted by molar-refractivity contribution is -0.206. The molecule has 0 aromatic heterocycles. The first-order chi connectivity index (χ1) is 6.86. The second-order valence-electron chi connectivity index (χ2n) is 3.19. The van der Waals surface area contributed by atoms with Crippen molar-refractivity contribution in [3.63, 3.8) is 0 Å². The summed E-state index contributed by atoms with van der Waals surface area (Å²) in [4.78, 5) is 0. The van der Waals surface area contributed by atoms with Gasteiger partial charge in [0.25, 0.3) is 0 Å². The largest absolute Gasteiger partial charge is 0.508 e. The SMILES string of the molecule is CCc1cc(C(O)C(F)(F)F)ccc1O. The van der Waals surface area contributed by atoms with E-state index < -0.39 is 12.3 Å². The molecule has 0 bridgehead atoms. The smallest absolute Gasteiger partial charge is 0.418 e. The summed E-state index contributed by atoms with van der Waals surface area (Å²) < 4.78 is 36.5. The van der Waals surface area contributed by atoms with Crippen LogP contribution in [-0.4, -0.2) is 16.4 Å². The summed E-state index contributed by atoms with van der Waals surface area (Å²) in [5, 5.41) is 18.2. The number of phenolic OH excluding ortho intramolecular Hbond substituents is 1. The minimum atomic E-state index is -4.68. The summed E-state index contributed by atoms with van der Waals surface area (Å²) in [7, 11) is 0. The molecule has 1 aromatic carbocycles. The van der Waals surface area contributed by atoms with Crippen molar-refractivity contribution in [1.82, 2.24) is 0 Å². The van der Waals surface area contributed by atoms with E-state index in [9.17, 15) is 18.3 Å². The molecule has 0 aliphatic heterocycles. The molecule has 0 fully saturated rings. The van der Waals surface area contributed by atoms with Gasteiger partial charge in [-0.15, -0.1) is 0 Å². The zero-order valence-corrected chi connectivity index (χ0v) is 8.04. The molecule has 5 heteroatoms. The van der Waals surface area contributed by atoms with Gasteiger partial charge in [0.15, 0.2) is 6.10 Å². The Morgan fingerprint density at radius 3 is 2.40 bits per heavy atom. The molecule has 0 saturated heterocycles. The van der Waals surface area contributed by atoms with Gasteiger partial charge in [-0.3, -0.25) is 0 Å². The number of rotatable bonds is 2. The normalized spacial score (nSPS) is 13.9. The summed E-state index contributed by atoms with van der Waals surface area (Å²) in [6.45, 7) is 1.71. The van der Waals surface area contributed by atoms with Crippen LogP contribution in [0.2, 0.25) is 0 Å². The highest BCUT2D eigenvalue weighted by Crippen LogP contribution is 2.34. The predicted octanol–water partition coefficient (Wildman–Crippen LogP) is 2.55. The number of aromatic hydroxyl groups is 1. The van der Waals surface area contributed by atoms with E-state index in [2.05, 4.69) is 0 Å². The highest BCUT2D eigenvalue weighted by atomic mass is 19.4. The van der Waals surface area contributed by atoms with E-state index in [0.717, 1.165) is 18.2 Å². The first kappa shape index (κ1) is 11.8. The van der Waals surface area contributed by atoms with Gasteiger partial charge in [-0.1, -0.05) is 13.0 Å². The number of aliphatic hydroxyl groups excluding tert-OH is 1. The van der Waals surface area contributed by atoms with Crippen molar-refractivity contribution in [3.05, 3.63) is 29.3 Å². The molecule has 0 spiro atoms. The van der Waals surface area contributed by atoms with Crippen LogP contribution in [0.25, 0.3) is 0 Å². The highest BCUT2D eigenvalue weighted by Gasteiger charge is 2.39. The van der Waals surface area contributed by atoms with Crippen molar-refractivity contribution in [2.45, 2.75) is 25.6 Å². The average Bonchev–Trinajstić information content (AvgIpc) is 2.16. The van der Waals surface area contributed by atoms with Gasteiger partial charge in [0.05, 0.1) is 0 Å². The van der Waals surface area contributed by atoms with Crippen molar-refractivity contribution < 1.29 is 23.4 Å². The number of benzene rings is 1. The molecule has 2 N–H and O–H groups in total. The van der Waals surface area contributed by atoms with E-state index >= 15 is 0 Å². The third kappa shape index (κ3) is 2.62. The van der Waals surface area contributed by atoms with Crippen molar-refractivity contribution in [1.29, 1.82) is 0 Å². The van der Waals surface area contributed by atoms with Crippen LogP contribution in [0.3, 0.4) is 0 Å². The minimum absolute atomic E-state index is 0.0596. The van der Waals surface area contributed by atoms with Crippen molar-refractivity contribution >= 4 is 0 Å². The van der Waals surface area contributed by atoms with E-state index in [1.807, 2.05) is 0 Å². The lowest BCUT2D eigenvalue weighted by Crippen LogP contribution is -2.20. The van der Waals surface area contributed by atoms with E-state index in [1.165, 1.54) is 0 Å². The van der Waals surface area contributed by atoms with Crippen LogP contribution in [0.4, 0.5) is 13.2 Å². The van der Waals surface area contributed by atoms with E-state index in [1.54, 1.807) is 6.92 Å². The Hall–Kier alpha value is -1.23. The monoisotopic (exact) mass is 220 g/mol. The average molecular weight is 220 g/mol. The van der Waals surface area contributed by atoms with E-state index in [-0.39, 0.29) is 11.3 Å². The summed E-state index contributed by atoms with van der Waals surface area (Å²) in [5.41, 5.74) is 0.132. The summed E-state index contributed by atoms with van der Waals surface area (Å²) >= 11 is 0. The van der Waals surface area contributed by atoms with Gasteiger partial charge in [-0.2, -0.15) is 13.2 Å². The molecule has 15 heavy (non-hydrogen) atoms. The number of phenols is 1. The van der Waals surface area contributed by atoms with Crippen LogP contribution < -0.4 is 0 Å². The van der Waals surface area contributed by atoms with Crippen LogP contribution in [0.1, 0.15) is 24.2 Å². The van der Waals surface area contributed by atoms with Crippen LogP contribution in [0.5, 0.6) is 5.75 Å². The lowest BCUT2D eigenvalue weighted by Gasteiger charge is -2.15. The van der Waals surface area contributed by atoms with Gasteiger partial charge in [-0.25, -0.2) is 0 Å². The molecular weight excluding hydrogens is 209 g/mol. The van der Waals surface area contributed by atoms with Gasteiger partial charge in [-0.05, 0) is 29.7 Å². The standard InChI is InChI=1S/C10H11F3O2/c1-2-6-5-7(3-4-8(6)14)9(15)10(11,12)13/h3-5,9,14-15H,2H2,1H3. The molecule has 1 atom stereocenters. The number of halogens is 3. The third-order valence-electron chi connectivity index (χ3n) is 2.11. The maximum atomic E-state index is 12.2. The molecule has 0 heterocycles. The molecule has 0 radical (unpaired) electrons. The van der Waals surface area contributed by atoms with Gasteiger partial charge in [0.2, 0.25) is 0 Å². The fourth-order valence-corrected chi connectivity index (χ4v) is 1.25. The Labute approximate surface area is 85.0 Å². The molecule has 1 unspecified atom stereocenters. The molecule has 0 amide bonds. The fourth-order valence-electron chi connectivity index (χ4n) is 1.25. The van der Waals surface area contributed by atoms with Gasteiger partial charge >= 0.3 is 6.18 Å². The molecule has 0 aliphatic carbocycles. The second-order valence-corrected chi connectivity index (χ2v) is 3.19. The fraction of sp³-hybridized carbons (Fsp3) is 0.400. The van der Waals surface area contributed by atoms with Gasteiger partial charge in [0, 0.05) is 0 Å². The highest BCUT2D eigenvalue weighted by molar-refractivity contribution is 5.37. The van der Waals surface area contributed by atoms with Crippen LogP contribution in [-0.2, 0) is 6.42 Å². The number of alkyl halides is 3. The van der Waals surface area contributed by atoms with Crippen LogP contribution >= 0.6 is 0 Å².